The lowest BCUT2D eigenvalue weighted by Gasteiger charge is -2.08. The fraction of sp³-hybridized carbons (Fsp3) is 0.174. The molecule has 0 aliphatic rings. The van der Waals surface area contributed by atoms with Gasteiger partial charge < -0.3 is 0 Å². The third-order valence-electron chi connectivity index (χ3n) is 4.92. The summed E-state index contributed by atoms with van der Waals surface area (Å²) in [6.45, 7) is 6.05. The van der Waals surface area contributed by atoms with E-state index in [0.717, 1.165) is 22.3 Å². The Morgan fingerprint density at radius 3 is 2.43 bits per heavy atom. The van der Waals surface area contributed by atoms with Crippen LogP contribution < -0.4 is 5.56 Å². The maximum atomic E-state index is 13.2. The Bertz CT molecular complexity index is 1250. The highest BCUT2D eigenvalue weighted by Crippen LogP contribution is 2.33. The van der Waals surface area contributed by atoms with Gasteiger partial charge in [-0.15, -0.1) is 11.3 Å². The summed E-state index contributed by atoms with van der Waals surface area (Å²) >= 11 is 1.45. The average molecular weight is 388 g/mol. The van der Waals surface area contributed by atoms with Gasteiger partial charge in [-0.3, -0.25) is 14.2 Å². The molecule has 0 unspecified atom stereocenters. The van der Waals surface area contributed by atoms with Crippen molar-refractivity contribution in [3.8, 4) is 11.1 Å². The highest BCUT2D eigenvalue weighted by atomic mass is 32.1. The van der Waals surface area contributed by atoms with Gasteiger partial charge in [0.05, 0.1) is 18.3 Å². The van der Waals surface area contributed by atoms with E-state index in [1.807, 2.05) is 50.4 Å². The third kappa shape index (κ3) is 3.29. The summed E-state index contributed by atoms with van der Waals surface area (Å²) in [6, 6.07) is 13.6. The van der Waals surface area contributed by atoms with Crippen molar-refractivity contribution >= 4 is 27.3 Å². The smallest absolute Gasteiger partial charge is 0.263 e. The molecule has 0 radical (unpaired) electrons. The van der Waals surface area contributed by atoms with Crippen LogP contribution in [-0.2, 0) is 6.54 Å². The van der Waals surface area contributed by atoms with Crippen LogP contribution in [0.3, 0.4) is 0 Å². The summed E-state index contributed by atoms with van der Waals surface area (Å²) in [5.74, 6) is -0.105. The molecule has 0 saturated heterocycles. The van der Waals surface area contributed by atoms with Crippen LogP contribution >= 0.6 is 11.3 Å². The maximum Gasteiger partial charge on any atom is 0.263 e. The van der Waals surface area contributed by atoms with Crippen LogP contribution in [0, 0.1) is 20.8 Å². The van der Waals surface area contributed by atoms with Gasteiger partial charge in [0, 0.05) is 16.5 Å². The second-order valence-corrected chi connectivity index (χ2v) is 7.97. The van der Waals surface area contributed by atoms with Crippen molar-refractivity contribution < 1.29 is 4.79 Å². The van der Waals surface area contributed by atoms with E-state index < -0.39 is 0 Å². The standard InChI is InChI=1S/C23H20N2O2S/c1-14-4-7-17(8-5-14)20(26)11-25-13-24-22-21(23(25)27)19(12-28-22)18-9-6-15(2)10-16(18)3/h4-10,12-13H,11H2,1-3H3. The van der Waals surface area contributed by atoms with Crippen molar-refractivity contribution in [1.29, 1.82) is 0 Å². The van der Waals surface area contributed by atoms with Crippen LogP contribution in [0.15, 0.2) is 59.0 Å². The maximum absolute atomic E-state index is 13.2. The topological polar surface area (TPSA) is 52.0 Å². The van der Waals surface area contributed by atoms with Gasteiger partial charge in [-0.25, -0.2) is 4.98 Å². The molecule has 0 spiro atoms. The molecular formula is C23H20N2O2S. The van der Waals surface area contributed by atoms with Crippen molar-refractivity contribution in [2.75, 3.05) is 0 Å². The van der Waals surface area contributed by atoms with E-state index in [2.05, 4.69) is 11.1 Å². The molecule has 0 amide bonds. The Balaban J connectivity index is 1.77. The molecule has 0 N–H and O–H groups in total. The highest BCUT2D eigenvalue weighted by molar-refractivity contribution is 7.17. The third-order valence-corrected chi connectivity index (χ3v) is 5.81. The van der Waals surface area contributed by atoms with E-state index in [0.29, 0.717) is 15.8 Å². The summed E-state index contributed by atoms with van der Waals surface area (Å²) in [7, 11) is 0. The Morgan fingerprint density at radius 1 is 1.00 bits per heavy atom. The normalized spacial score (nSPS) is 11.1. The van der Waals surface area contributed by atoms with Crippen molar-refractivity contribution in [3.05, 3.63) is 86.8 Å². The molecule has 0 fully saturated rings. The highest BCUT2D eigenvalue weighted by Gasteiger charge is 2.16. The van der Waals surface area contributed by atoms with E-state index in [1.165, 1.54) is 27.8 Å². The fourth-order valence-corrected chi connectivity index (χ4v) is 4.28. The molecule has 4 aromatic rings. The van der Waals surface area contributed by atoms with E-state index >= 15 is 0 Å². The number of ketones is 1. The number of thiophene rings is 1. The predicted octanol–water partition coefficient (Wildman–Crippen LogP) is 4.93. The van der Waals surface area contributed by atoms with Crippen LogP contribution in [0.4, 0.5) is 0 Å². The van der Waals surface area contributed by atoms with Crippen LogP contribution in [0.25, 0.3) is 21.3 Å². The molecule has 4 nitrogen and oxygen atoms in total. The lowest BCUT2D eigenvalue weighted by Crippen LogP contribution is -2.24. The van der Waals surface area contributed by atoms with Gasteiger partial charge in [-0.05, 0) is 31.9 Å². The van der Waals surface area contributed by atoms with E-state index in [4.69, 9.17) is 0 Å². The SMILES string of the molecule is Cc1ccc(C(=O)Cn2cnc3scc(-c4ccc(C)cc4C)c3c2=O)cc1. The monoisotopic (exact) mass is 388 g/mol. The number of carbonyl (C=O) groups excluding carboxylic acids is 1. The van der Waals surface area contributed by atoms with Gasteiger partial charge >= 0.3 is 0 Å². The number of fused-ring (bicyclic) bond motifs is 1. The zero-order chi connectivity index (χ0) is 19.8. The first-order chi connectivity index (χ1) is 13.4. The summed E-state index contributed by atoms with van der Waals surface area (Å²) in [4.78, 5) is 30.9. The molecule has 0 aliphatic carbocycles. The Labute approximate surface area is 167 Å². The number of hydrogen-bond acceptors (Lipinski definition) is 4. The van der Waals surface area contributed by atoms with Gasteiger partial charge in [0.1, 0.15) is 4.83 Å². The second kappa shape index (κ2) is 7.17. The molecule has 2 heterocycles. The first-order valence-electron chi connectivity index (χ1n) is 9.08. The molecule has 28 heavy (non-hydrogen) atoms. The summed E-state index contributed by atoms with van der Waals surface area (Å²) in [5.41, 5.74) is 5.71. The molecule has 5 heteroatoms. The fourth-order valence-electron chi connectivity index (χ4n) is 3.38. The second-order valence-electron chi connectivity index (χ2n) is 7.11. The van der Waals surface area contributed by atoms with Crippen LogP contribution in [0.5, 0.6) is 0 Å². The predicted molar refractivity (Wildman–Crippen MR) is 114 cm³/mol. The van der Waals surface area contributed by atoms with Crippen LogP contribution in [0.1, 0.15) is 27.0 Å². The first-order valence-corrected chi connectivity index (χ1v) is 9.96. The summed E-state index contributed by atoms with van der Waals surface area (Å²) in [5, 5.41) is 2.55. The summed E-state index contributed by atoms with van der Waals surface area (Å²) in [6.07, 6.45) is 1.47. The Hall–Kier alpha value is -3.05. The van der Waals surface area contributed by atoms with Gasteiger partial charge in [-0.1, -0.05) is 53.6 Å². The summed E-state index contributed by atoms with van der Waals surface area (Å²) < 4.78 is 1.41. The molecule has 0 atom stereocenters. The molecule has 4 rings (SSSR count). The number of aromatic nitrogens is 2. The Kier molecular flexibility index (Phi) is 4.69. The molecule has 140 valence electrons. The minimum absolute atomic E-state index is 0.0208. The minimum atomic E-state index is -0.179. The van der Waals surface area contributed by atoms with Gasteiger partial charge in [-0.2, -0.15) is 0 Å². The number of aryl methyl sites for hydroxylation is 3. The number of nitrogens with zero attached hydrogens (tertiary/aromatic N) is 2. The molecular weight excluding hydrogens is 368 g/mol. The van der Waals surface area contributed by atoms with E-state index in [-0.39, 0.29) is 17.9 Å². The first kappa shape index (κ1) is 18.3. The Morgan fingerprint density at radius 2 is 1.71 bits per heavy atom. The number of Topliss-reactive ketones (excluding diaryl/α,β-unsaturated/α-hetero) is 1. The molecule has 0 bridgehead atoms. The van der Waals surface area contributed by atoms with E-state index in [9.17, 15) is 9.59 Å². The van der Waals surface area contributed by atoms with Crippen LogP contribution in [-0.4, -0.2) is 15.3 Å². The van der Waals surface area contributed by atoms with Crippen LogP contribution in [0.2, 0.25) is 0 Å². The molecule has 0 aliphatic heterocycles. The number of benzene rings is 2. The number of rotatable bonds is 4. The zero-order valence-corrected chi connectivity index (χ0v) is 16.8. The van der Waals surface area contributed by atoms with Crippen molar-refractivity contribution in [2.24, 2.45) is 0 Å². The lowest BCUT2D eigenvalue weighted by atomic mass is 9.99. The van der Waals surface area contributed by atoms with Gasteiger partial charge in [0.2, 0.25) is 0 Å². The quantitative estimate of drug-likeness (QED) is 0.466. The molecule has 2 aromatic carbocycles. The number of carbonyl (C=O) groups is 1. The van der Waals surface area contributed by atoms with Crippen molar-refractivity contribution in [2.45, 2.75) is 27.3 Å². The zero-order valence-electron chi connectivity index (χ0n) is 16.0. The van der Waals surface area contributed by atoms with Gasteiger partial charge in [0.25, 0.3) is 5.56 Å². The molecule has 0 saturated carbocycles. The van der Waals surface area contributed by atoms with Gasteiger partial charge in [0.15, 0.2) is 5.78 Å². The largest absolute Gasteiger partial charge is 0.292 e. The van der Waals surface area contributed by atoms with Crippen molar-refractivity contribution in [3.63, 3.8) is 0 Å². The average Bonchev–Trinajstić information content (AvgIpc) is 3.09. The van der Waals surface area contributed by atoms with Crippen molar-refractivity contribution in [1.82, 2.24) is 9.55 Å². The lowest BCUT2D eigenvalue weighted by molar-refractivity contribution is 0.0970. The minimum Gasteiger partial charge on any atom is -0.292 e. The van der Waals surface area contributed by atoms with E-state index in [1.54, 1.807) is 12.1 Å². The number of hydrogen-bond donors (Lipinski definition) is 0. The molecule has 2 aromatic heterocycles.